The molecule has 4 aromatic carbocycles. The van der Waals surface area contributed by atoms with Crippen molar-refractivity contribution >= 4 is 45.9 Å². The van der Waals surface area contributed by atoms with Crippen LogP contribution >= 0.6 is 0 Å². The Bertz CT molecular complexity index is 2280. The van der Waals surface area contributed by atoms with Gasteiger partial charge in [-0.2, -0.15) is 0 Å². The Morgan fingerprint density at radius 3 is 1.51 bits per heavy atom. The van der Waals surface area contributed by atoms with Gasteiger partial charge in [-0.15, -0.1) is 0 Å². The summed E-state index contributed by atoms with van der Waals surface area (Å²) in [5, 5.41) is 7.15. The van der Waals surface area contributed by atoms with Crippen LogP contribution in [-0.4, -0.2) is 99.6 Å². The van der Waals surface area contributed by atoms with E-state index in [-0.39, 0.29) is 35.7 Å². The average molecular weight is 792 g/mol. The summed E-state index contributed by atoms with van der Waals surface area (Å²) in [5.41, 5.74) is 6.10. The quantitative estimate of drug-likeness (QED) is 0.129. The second-order valence-corrected chi connectivity index (χ2v) is 16.5. The number of hydrogen-bond acceptors (Lipinski definition) is 6. The van der Waals surface area contributed by atoms with E-state index in [9.17, 15) is 19.2 Å². The third-order valence-corrected chi connectivity index (χ3v) is 12.7. The lowest BCUT2D eigenvalue weighted by molar-refractivity contribution is -0.141. The summed E-state index contributed by atoms with van der Waals surface area (Å²) in [6.07, 6.45) is 7.17. The molecule has 3 N–H and O–H groups in total. The Labute approximate surface area is 345 Å². The number of benzene rings is 4. The second-order valence-electron chi connectivity index (χ2n) is 16.5. The molecule has 0 radical (unpaired) electrons. The third-order valence-electron chi connectivity index (χ3n) is 12.7. The van der Waals surface area contributed by atoms with Crippen molar-refractivity contribution in [1.29, 1.82) is 0 Å². The summed E-state index contributed by atoms with van der Waals surface area (Å²) in [6.45, 7) is 4.68. The Morgan fingerprint density at radius 1 is 0.525 bits per heavy atom. The van der Waals surface area contributed by atoms with Gasteiger partial charge in [-0.25, -0.2) is 0 Å². The molecule has 4 fully saturated rings. The van der Waals surface area contributed by atoms with Gasteiger partial charge in [-0.1, -0.05) is 72.8 Å². The molecule has 4 saturated heterocycles. The fraction of sp³-hybridized carbons (Fsp3) is 0.375. The van der Waals surface area contributed by atoms with Gasteiger partial charge in [0.15, 0.2) is 0 Å². The number of amides is 4. The predicted octanol–water partition coefficient (Wildman–Crippen LogP) is 7.37. The van der Waals surface area contributed by atoms with E-state index in [1.165, 1.54) is 0 Å². The standard InChI is InChI=1S/C48H53N7O4/c56-45(41-17-11-29-54(41)47(58)43(52-25-7-8-26-52)34-13-3-1-4-14-34)49-37-21-19-33(20-22-37)40-32-36-31-38(23-24-39(36)51-40)50-46(57)42-18-12-30-55(42)48(59)44(53-27-9-10-28-53)35-15-5-2-6-16-35/h1-6,13-16,19-24,31-32,41-44,51H,7-12,17-18,25-30H2,(H,49,56)(H,50,57)/t41-,42?,43+,44-/m0/s1. The van der Waals surface area contributed by atoms with E-state index in [0.29, 0.717) is 37.3 Å². The first kappa shape index (κ1) is 38.7. The fourth-order valence-electron chi connectivity index (χ4n) is 9.76. The lowest BCUT2D eigenvalue weighted by Gasteiger charge is -2.33. The van der Waals surface area contributed by atoms with Gasteiger partial charge in [0.2, 0.25) is 23.6 Å². The van der Waals surface area contributed by atoms with Crippen LogP contribution in [-0.2, 0) is 19.2 Å². The zero-order chi connectivity index (χ0) is 40.3. The highest BCUT2D eigenvalue weighted by Gasteiger charge is 2.42. The topological polar surface area (TPSA) is 121 Å². The molecule has 304 valence electrons. The summed E-state index contributed by atoms with van der Waals surface area (Å²) < 4.78 is 0. The largest absolute Gasteiger partial charge is 0.355 e. The molecular weight excluding hydrogens is 739 g/mol. The number of carbonyl (C=O) groups excluding carboxylic acids is 4. The van der Waals surface area contributed by atoms with Crippen LogP contribution in [0.25, 0.3) is 22.2 Å². The number of carbonyl (C=O) groups is 4. The van der Waals surface area contributed by atoms with Crippen molar-refractivity contribution in [3.05, 3.63) is 120 Å². The first-order chi connectivity index (χ1) is 28.9. The van der Waals surface area contributed by atoms with E-state index in [4.69, 9.17) is 0 Å². The van der Waals surface area contributed by atoms with Gasteiger partial charge in [0.1, 0.15) is 24.2 Å². The maximum Gasteiger partial charge on any atom is 0.247 e. The fourth-order valence-corrected chi connectivity index (χ4v) is 9.76. The Hall–Kier alpha value is -5.78. The molecule has 1 aromatic heterocycles. The zero-order valence-electron chi connectivity index (χ0n) is 33.5. The number of rotatable bonds is 11. The minimum absolute atomic E-state index is 0.00701. The number of hydrogen-bond donors (Lipinski definition) is 3. The molecule has 4 aliphatic rings. The maximum absolute atomic E-state index is 14.2. The van der Waals surface area contributed by atoms with E-state index in [1.54, 1.807) is 9.80 Å². The van der Waals surface area contributed by atoms with Crippen LogP contribution in [0, 0.1) is 0 Å². The Morgan fingerprint density at radius 2 is 1.00 bits per heavy atom. The van der Waals surface area contributed by atoms with E-state index in [2.05, 4.69) is 31.5 Å². The van der Waals surface area contributed by atoms with Crippen LogP contribution in [0.5, 0.6) is 0 Å². The van der Waals surface area contributed by atoms with Crippen LogP contribution in [0.4, 0.5) is 11.4 Å². The van der Waals surface area contributed by atoms with Crippen molar-refractivity contribution in [2.24, 2.45) is 0 Å². The number of nitrogens with zero attached hydrogens (tertiary/aromatic N) is 4. The second kappa shape index (κ2) is 17.2. The molecule has 5 aromatic rings. The van der Waals surface area contributed by atoms with Gasteiger partial charge in [0.25, 0.3) is 0 Å². The molecular formula is C48H53N7O4. The Balaban J connectivity index is 0.843. The first-order valence-electron chi connectivity index (χ1n) is 21.5. The van der Waals surface area contributed by atoms with Crippen LogP contribution < -0.4 is 10.6 Å². The molecule has 9 rings (SSSR count). The normalized spacial score (nSPS) is 20.9. The summed E-state index contributed by atoms with van der Waals surface area (Å²) in [5.74, 6) is -0.310. The van der Waals surface area contributed by atoms with Crippen molar-refractivity contribution in [1.82, 2.24) is 24.6 Å². The molecule has 11 nitrogen and oxygen atoms in total. The summed E-state index contributed by atoms with van der Waals surface area (Å²) in [7, 11) is 0. The summed E-state index contributed by atoms with van der Waals surface area (Å²) in [4.78, 5) is 67.3. The third kappa shape index (κ3) is 8.14. The molecule has 11 heteroatoms. The maximum atomic E-state index is 14.2. The number of aromatic amines is 1. The minimum Gasteiger partial charge on any atom is -0.355 e. The molecule has 0 saturated carbocycles. The van der Waals surface area contributed by atoms with Crippen LogP contribution in [0.15, 0.2) is 109 Å². The van der Waals surface area contributed by atoms with E-state index >= 15 is 0 Å². The number of nitrogens with one attached hydrogen (secondary N) is 3. The SMILES string of the molecule is O=C(Nc1ccc2[nH]c(-c3ccc(NC(=O)[C@@H]4CCCN4C(=O)[C@@H](c4ccccc4)N4CCCC4)cc3)cc2c1)C1CCCN1C(=O)[C@H](c1ccccc1)N1CCCC1. The Kier molecular flexibility index (Phi) is 11.3. The van der Waals surface area contributed by atoms with E-state index in [0.717, 1.165) is 98.0 Å². The van der Waals surface area contributed by atoms with Crippen molar-refractivity contribution in [2.45, 2.75) is 75.5 Å². The molecule has 5 heterocycles. The zero-order valence-corrected chi connectivity index (χ0v) is 33.5. The van der Waals surface area contributed by atoms with Gasteiger partial charge in [0, 0.05) is 41.1 Å². The molecule has 4 aliphatic heterocycles. The van der Waals surface area contributed by atoms with Crippen LogP contribution in [0.2, 0.25) is 0 Å². The predicted molar refractivity (Wildman–Crippen MR) is 230 cm³/mol. The number of H-pyrrole nitrogens is 1. The number of aromatic nitrogens is 1. The lowest BCUT2D eigenvalue weighted by Crippen LogP contribution is -2.48. The highest BCUT2D eigenvalue weighted by Crippen LogP contribution is 2.34. The van der Waals surface area contributed by atoms with Gasteiger partial charge in [-0.05, 0) is 131 Å². The van der Waals surface area contributed by atoms with Crippen molar-refractivity contribution < 1.29 is 19.2 Å². The van der Waals surface area contributed by atoms with Gasteiger partial charge >= 0.3 is 0 Å². The smallest absolute Gasteiger partial charge is 0.247 e. The number of likely N-dealkylation sites (tertiary alicyclic amines) is 4. The highest BCUT2D eigenvalue weighted by molar-refractivity contribution is 6.01. The van der Waals surface area contributed by atoms with Crippen LogP contribution in [0.1, 0.15) is 74.6 Å². The first-order valence-corrected chi connectivity index (χ1v) is 21.5. The van der Waals surface area contributed by atoms with Gasteiger partial charge in [0.05, 0.1) is 0 Å². The van der Waals surface area contributed by atoms with Crippen molar-refractivity contribution in [2.75, 3.05) is 49.9 Å². The molecule has 59 heavy (non-hydrogen) atoms. The molecule has 0 aliphatic carbocycles. The number of anilines is 2. The minimum atomic E-state index is -0.522. The summed E-state index contributed by atoms with van der Waals surface area (Å²) in [6, 6.07) is 33.7. The van der Waals surface area contributed by atoms with Crippen LogP contribution in [0.3, 0.4) is 0 Å². The van der Waals surface area contributed by atoms with E-state index < -0.39 is 12.1 Å². The van der Waals surface area contributed by atoms with E-state index in [1.807, 2.05) is 103 Å². The van der Waals surface area contributed by atoms with Crippen molar-refractivity contribution in [3.8, 4) is 11.3 Å². The molecule has 1 unspecified atom stereocenters. The summed E-state index contributed by atoms with van der Waals surface area (Å²) >= 11 is 0. The molecule has 4 atom stereocenters. The lowest BCUT2D eigenvalue weighted by atomic mass is 10.0. The van der Waals surface area contributed by atoms with Gasteiger partial charge < -0.3 is 25.4 Å². The molecule has 4 amide bonds. The number of fused-ring (bicyclic) bond motifs is 1. The average Bonchev–Trinajstić information content (AvgIpc) is 4.12. The monoisotopic (exact) mass is 791 g/mol. The molecule has 0 bridgehead atoms. The van der Waals surface area contributed by atoms with Gasteiger partial charge in [-0.3, -0.25) is 29.0 Å². The molecule has 0 spiro atoms. The van der Waals surface area contributed by atoms with Crippen molar-refractivity contribution in [3.63, 3.8) is 0 Å². The highest BCUT2D eigenvalue weighted by atomic mass is 16.2.